The summed E-state index contributed by atoms with van der Waals surface area (Å²) < 4.78 is 0. The molecular formula is C10H12N2. The molecule has 2 nitrogen and oxygen atoms in total. The van der Waals surface area contributed by atoms with Gasteiger partial charge in [-0.15, -0.1) is 0 Å². The van der Waals surface area contributed by atoms with E-state index in [0.717, 1.165) is 6.54 Å². The molecule has 0 saturated carbocycles. The summed E-state index contributed by atoms with van der Waals surface area (Å²) in [5.74, 6) is 0. The summed E-state index contributed by atoms with van der Waals surface area (Å²) in [7, 11) is 2.09. The lowest BCUT2D eigenvalue weighted by Crippen LogP contribution is -2.18. The second-order valence-electron chi connectivity index (χ2n) is 2.94. The Balaban J connectivity index is 2.34. The van der Waals surface area contributed by atoms with Crippen molar-refractivity contribution in [1.29, 1.82) is 0 Å². The Bertz CT molecular complexity index is 307. The summed E-state index contributed by atoms with van der Waals surface area (Å²) in [6.07, 6.45) is 8.31. The van der Waals surface area contributed by atoms with Gasteiger partial charge in [-0.3, -0.25) is 0 Å². The Morgan fingerprint density at radius 3 is 3.08 bits per heavy atom. The summed E-state index contributed by atoms with van der Waals surface area (Å²) in [6.45, 7) is 0.991. The number of hydrogen-bond acceptors (Lipinski definition) is 1. The minimum Gasteiger partial charge on any atom is -0.369 e. The van der Waals surface area contributed by atoms with Crippen LogP contribution in [0.15, 0.2) is 36.6 Å². The highest BCUT2D eigenvalue weighted by Gasteiger charge is 2.07. The average molecular weight is 160 g/mol. The van der Waals surface area contributed by atoms with E-state index in [1.807, 2.05) is 12.3 Å². The van der Waals surface area contributed by atoms with Gasteiger partial charge in [0.05, 0.1) is 11.4 Å². The van der Waals surface area contributed by atoms with Gasteiger partial charge in [0, 0.05) is 19.8 Å². The minimum absolute atomic E-state index is 0.991. The molecule has 1 aromatic rings. The van der Waals surface area contributed by atoms with Crippen LogP contribution in [-0.2, 0) is 0 Å². The maximum atomic E-state index is 3.19. The van der Waals surface area contributed by atoms with E-state index in [1.165, 1.54) is 11.4 Å². The molecule has 0 saturated heterocycles. The summed E-state index contributed by atoms with van der Waals surface area (Å²) >= 11 is 0. The Labute approximate surface area is 72.2 Å². The lowest BCUT2D eigenvalue weighted by atomic mass is 10.2. The van der Waals surface area contributed by atoms with E-state index < -0.39 is 0 Å². The largest absolute Gasteiger partial charge is 0.369 e. The average Bonchev–Trinajstić information content (AvgIpc) is 2.57. The van der Waals surface area contributed by atoms with Crippen LogP contribution in [0.3, 0.4) is 0 Å². The Kier molecular flexibility index (Phi) is 1.74. The molecule has 1 aromatic heterocycles. The van der Waals surface area contributed by atoms with Gasteiger partial charge in [-0.1, -0.05) is 12.2 Å². The van der Waals surface area contributed by atoms with Crippen LogP contribution in [0.2, 0.25) is 0 Å². The molecule has 2 heterocycles. The number of allylic oxidation sites excluding steroid dienone is 2. The van der Waals surface area contributed by atoms with Crippen LogP contribution in [0, 0.1) is 0 Å². The Morgan fingerprint density at radius 2 is 2.42 bits per heavy atom. The van der Waals surface area contributed by atoms with E-state index in [9.17, 15) is 0 Å². The third kappa shape index (κ3) is 1.16. The highest BCUT2D eigenvalue weighted by molar-refractivity contribution is 5.63. The topological polar surface area (TPSA) is 19.0 Å². The second-order valence-corrected chi connectivity index (χ2v) is 2.94. The van der Waals surface area contributed by atoms with Gasteiger partial charge in [0.2, 0.25) is 0 Å². The van der Waals surface area contributed by atoms with Gasteiger partial charge in [0.1, 0.15) is 0 Å². The maximum absolute atomic E-state index is 3.19. The lowest BCUT2D eigenvalue weighted by Gasteiger charge is -2.22. The molecule has 1 N–H and O–H groups in total. The van der Waals surface area contributed by atoms with Crippen molar-refractivity contribution in [3.8, 4) is 0 Å². The van der Waals surface area contributed by atoms with Crippen LogP contribution < -0.4 is 0 Å². The molecule has 2 heteroatoms. The van der Waals surface area contributed by atoms with E-state index in [4.69, 9.17) is 0 Å². The normalized spacial score (nSPS) is 16.4. The van der Waals surface area contributed by atoms with E-state index in [0.29, 0.717) is 0 Å². The molecular weight excluding hydrogens is 148 g/mol. The summed E-state index contributed by atoms with van der Waals surface area (Å²) in [5, 5.41) is 0. The van der Waals surface area contributed by atoms with Crippen molar-refractivity contribution >= 4 is 5.70 Å². The van der Waals surface area contributed by atoms with Crippen LogP contribution in [0.25, 0.3) is 5.70 Å². The number of likely N-dealkylation sites (N-methyl/N-ethyl adjacent to an activating group) is 1. The highest BCUT2D eigenvalue weighted by Crippen LogP contribution is 2.17. The van der Waals surface area contributed by atoms with Crippen molar-refractivity contribution < 1.29 is 0 Å². The number of aromatic amines is 1. The van der Waals surface area contributed by atoms with E-state index in [-0.39, 0.29) is 0 Å². The summed E-state index contributed by atoms with van der Waals surface area (Å²) in [6, 6.07) is 4.10. The Morgan fingerprint density at radius 1 is 1.50 bits per heavy atom. The first kappa shape index (κ1) is 7.22. The Hall–Kier alpha value is -1.44. The molecule has 2 rings (SSSR count). The lowest BCUT2D eigenvalue weighted by molar-refractivity contribution is 0.529. The van der Waals surface area contributed by atoms with Crippen molar-refractivity contribution in [3.63, 3.8) is 0 Å². The van der Waals surface area contributed by atoms with Crippen molar-refractivity contribution in [1.82, 2.24) is 9.88 Å². The first-order chi connectivity index (χ1) is 5.88. The van der Waals surface area contributed by atoms with Gasteiger partial charge in [0.15, 0.2) is 0 Å². The fraction of sp³-hybridized carbons (Fsp3) is 0.200. The molecule has 0 bridgehead atoms. The molecule has 1 aliphatic heterocycles. The zero-order valence-corrected chi connectivity index (χ0v) is 7.12. The molecule has 12 heavy (non-hydrogen) atoms. The predicted molar refractivity (Wildman–Crippen MR) is 50.5 cm³/mol. The van der Waals surface area contributed by atoms with Crippen molar-refractivity contribution in [2.24, 2.45) is 0 Å². The molecule has 0 aromatic carbocycles. The third-order valence-electron chi connectivity index (χ3n) is 2.05. The molecule has 0 fully saturated rings. The second kappa shape index (κ2) is 2.89. The fourth-order valence-corrected chi connectivity index (χ4v) is 1.39. The number of aromatic nitrogens is 1. The number of nitrogens with zero attached hydrogens (tertiary/aromatic N) is 1. The van der Waals surface area contributed by atoms with Gasteiger partial charge >= 0.3 is 0 Å². The molecule has 1 aliphatic rings. The quantitative estimate of drug-likeness (QED) is 0.664. The molecule has 0 amide bonds. The van der Waals surface area contributed by atoms with Crippen LogP contribution in [0.5, 0.6) is 0 Å². The number of nitrogens with one attached hydrogen (secondary N) is 1. The van der Waals surface area contributed by atoms with Crippen LogP contribution >= 0.6 is 0 Å². The predicted octanol–water partition coefficient (Wildman–Crippen LogP) is 1.86. The third-order valence-corrected chi connectivity index (χ3v) is 2.05. The smallest absolute Gasteiger partial charge is 0.0618 e. The van der Waals surface area contributed by atoms with Gasteiger partial charge in [0.25, 0.3) is 0 Å². The van der Waals surface area contributed by atoms with Gasteiger partial charge in [-0.05, 0) is 18.2 Å². The highest BCUT2D eigenvalue weighted by atomic mass is 15.1. The molecule has 0 atom stereocenters. The SMILES string of the molecule is CN1CC=CC=C1c1ccc[nH]1. The van der Waals surface area contributed by atoms with E-state index in [1.54, 1.807) is 0 Å². The molecule has 0 aliphatic carbocycles. The zero-order chi connectivity index (χ0) is 8.39. The number of hydrogen-bond donors (Lipinski definition) is 1. The van der Waals surface area contributed by atoms with E-state index >= 15 is 0 Å². The first-order valence-electron chi connectivity index (χ1n) is 4.09. The van der Waals surface area contributed by atoms with Crippen LogP contribution in [-0.4, -0.2) is 23.5 Å². The van der Waals surface area contributed by atoms with E-state index in [2.05, 4.69) is 41.2 Å². The summed E-state index contributed by atoms with van der Waals surface area (Å²) in [5.41, 5.74) is 2.43. The number of H-pyrrole nitrogens is 1. The maximum Gasteiger partial charge on any atom is 0.0618 e. The minimum atomic E-state index is 0.991. The van der Waals surface area contributed by atoms with Crippen molar-refractivity contribution in [2.75, 3.05) is 13.6 Å². The first-order valence-corrected chi connectivity index (χ1v) is 4.09. The molecule has 0 unspecified atom stereocenters. The standard InChI is InChI=1S/C10H12N2/c1-12-8-3-2-6-10(12)9-5-4-7-11-9/h2-7,11H,8H2,1H3. The molecule has 62 valence electrons. The van der Waals surface area contributed by atoms with Crippen LogP contribution in [0.4, 0.5) is 0 Å². The summed E-state index contributed by atoms with van der Waals surface area (Å²) in [4.78, 5) is 5.41. The van der Waals surface area contributed by atoms with Gasteiger partial charge in [-0.25, -0.2) is 0 Å². The fourth-order valence-electron chi connectivity index (χ4n) is 1.39. The van der Waals surface area contributed by atoms with Crippen LogP contribution in [0.1, 0.15) is 5.69 Å². The zero-order valence-electron chi connectivity index (χ0n) is 7.12. The number of rotatable bonds is 1. The molecule has 0 radical (unpaired) electrons. The monoisotopic (exact) mass is 160 g/mol. The molecule has 0 spiro atoms. The van der Waals surface area contributed by atoms with Crippen molar-refractivity contribution in [3.05, 3.63) is 42.3 Å². The van der Waals surface area contributed by atoms with Gasteiger partial charge < -0.3 is 9.88 Å². The van der Waals surface area contributed by atoms with Gasteiger partial charge in [-0.2, -0.15) is 0 Å². The van der Waals surface area contributed by atoms with Crippen molar-refractivity contribution in [2.45, 2.75) is 0 Å².